The highest BCUT2D eigenvalue weighted by molar-refractivity contribution is 6.11. The first-order valence-corrected chi connectivity index (χ1v) is 11.7. The van der Waals surface area contributed by atoms with Gasteiger partial charge in [0.15, 0.2) is 5.78 Å². The zero-order chi connectivity index (χ0) is 26.4. The number of hydrogen-bond acceptors (Lipinski definition) is 5. The Morgan fingerprint density at radius 3 is 2.36 bits per heavy atom. The number of carbonyl (C=O) groups excluding carboxylic acids is 3. The number of nitrogens with zero attached hydrogens (tertiary/aromatic N) is 3. The second kappa shape index (κ2) is 9.07. The Kier molecular flexibility index (Phi) is 6.26. The Bertz CT molecular complexity index is 1390. The number of aromatic nitrogens is 1. The molecule has 9 nitrogen and oxygen atoms in total. The van der Waals surface area contributed by atoms with Crippen molar-refractivity contribution < 1.29 is 19.3 Å². The van der Waals surface area contributed by atoms with Crippen molar-refractivity contribution in [3.05, 3.63) is 92.8 Å². The van der Waals surface area contributed by atoms with E-state index in [1.54, 1.807) is 6.07 Å². The van der Waals surface area contributed by atoms with E-state index in [-0.39, 0.29) is 17.0 Å². The smallest absolute Gasteiger partial charge is 0.319 e. The summed E-state index contributed by atoms with van der Waals surface area (Å²) in [5.74, 6) is -0.612. The molecule has 1 aromatic heterocycles. The number of non-ortho nitro benzene ring substituents is 1. The number of urea groups is 1. The van der Waals surface area contributed by atoms with E-state index < -0.39 is 28.9 Å². The molecule has 1 atom stereocenters. The summed E-state index contributed by atoms with van der Waals surface area (Å²) in [5.41, 5.74) is 2.68. The summed E-state index contributed by atoms with van der Waals surface area (Å²) in [7, 11) is 0. The van der Waals surface area contributed by atoms with E-state index >= 15 is 0 Å². The molecule has 3 aromatic rings. The van der Waals surface area contributed by atoms with E-state index in [0.717, 1.165) is 16.3 Å². The van der Waals surface area contributed by atoms with Gasteiger partial charge < -0.3 is 9.88 Å². The van der Waals surface area contributed by atoms with Gasteiger partial charge in [-0.15, -0.1) is 0 Å². The molecule has 2 aromatic carbocycles. The number of nitro benzene ring substituents is 1. The highest BCUT2D eigenvalue weighted by Crippen LogP contribution is 2.31. The fraction of sp³-hybridized carbons (Fsp3) is 0.296. The highest BCUT2D eigenvalue weighted by atomic mass is 16.6. The van der Waals surface area contributed by atoms with Crippen LogP contribution in [-0.2, 0) is 10.3 Å². The fourth-order valence-electron chi connectivity index (χ4n) is 4.65. The zero-order valence-corrected chi connectivity index (χ0v) is 20.9. The van der Waals surface area contributed by atoms with Crippen molar-refractivity contribution in [2.24, 2.45) is 0 Å². The minimum Gasteiger partial charge on any atom is -0.319 e. The molecule has 1 N–H and O–H groups in total. The minimum absolute atomic E-state index is 0.195. The van der Waals surface area contributed by atoms with E-state index in [4.69, 9.17) is 0 Å². The predicted molar refractivity (Wildman–Crippen MR) is 134 cm³/mol. The summed E-state index contributed by atoms with van der Waals surface area (Å²) in [4.78, 5) is 50.7. The molecule has 0 radical (unpaired) electrons. The quantitative estimate of drug-likeness (QED) is 0.223. The van der Waals surface area contributed by atoms with E-state index in [1.165, 1.54) is 36.8 Å². The van der Waals surface area contributed by atoms with E-state index in [2.05, 4.69) is 31.3 Å². The van der Waals surface area contributed by atoms with Crippen molar-refractivity contribution in [1.29, 1.82) is 0 Å². The number of carbonyl (C=O) groups is 3. The SMILES string of the molecule is Cc1cc(C(=O)CN2C(=O)NC(C)(c3cccc([N+](=O)[O-])c3)C2=O)c(C)n1-c1ccc(C(C)C)cc1. The molecule has 0 aliphatic carbocycles. The Morgan fingerprint density at radius 1 is 1.08 bits per heavy atom. The van der Waals surface area contributed by atoms with Gasteiger partial charge in [0.1, 0.15) is 5.54 Å². The Labute approximate surface area is 208 Å². The summed E-state index contributed by atoms with van der Waals surface area (Å²) in [6.45, 7) is 9.01. The van der Waals surface area contributed by atoms with E-state index in [9.17, 15) is 24.5 Å². The van der Waals surface area contributed by atoms with Crippen LogP contribution in [0.4, 0.5) is 10.5 Å². The first-order chi connectivity index (χ1) is 16.9. The van der Waals surface area contributed by atoms with Gasteiger partial charge >= 0.3 is 6.03 Å². The molecule has 1 fully saturated rings. The number of nitro groups is 1. The lowest BCUT2D eigenvalue weighted by Gasteiger charge is -2.22. The molecular formula is C27H28N4O5. The summed E-state index contributed by atoms with van der Waals surface area (Å²) in [6, 6.07) is 14.7. The minimum atomic E-state index is -1.52. The normalized spacial score (nSPS) is 17.6. The average molecular weight is 489 g/mol. The van der Waals surface area contributed by atoms with Crippen molar-refractivity contribution >= 4 is 23.4 Å². The van der Waals surface area contributed by atoms with Crippen LogP contribution < -0.4 is 5.32 Å². The summed E-state index contributed by atoms with van der Waals surface area (Å²) < 4.78 is 1.97. The van der Waals surface area contributed by atoms with Crippen LogP contribution in [0.25, 0.3) is 5.69 Å². The van der Waals surface area contributed by atoms with Crippen LogP contribution in [0.2, 0.25) is 0 Å². The number of imide groups is 1. The van der Waals surface area contributed by atoms with E-state index in [1.807, 2.05) is 30.5 Å². The molecule has 186 valence electrons. The molecule has 1 aliphatic rings. The van der Waals surface area contributed by atoms with Crippen LogP contribution in [0, 0.1) is 24.0 Å². The predicted octanol–water partition coefficient (Wildman–Crippen LogP) is 4.78. The molecular weight excluding hydrogens is 460 g/mol. The largest absolute Gasteiger partial charge is 0.325 e. The van der Waals surface area contributed by atoms with E-state index in [0.29, 0.717) is 17.2 Å². The number of ketones is 1. The van der Waals surface area contributed by atoms with Gasteiger partial charge in [-0.25, -0.2) is 4.79 Å². The summed E-state index contributed by atoms with van der Waals surface area (Å²) in [6.07, 6.45) is 0. The second-order valence-electron chi connectivity index (χ2n) is 9.54. The first kappa shape index (κ1) is 24.8. The number of nitrogens with one attached hydrogen (secondary N) is 1. The van der Waals surface area contributed by atoms with Gasteiger partial charge in [-0.2, -0.15) is 0 Å². The average Bonchev–Trinajstić information content (AvgIpc) is 3.26. The number of aryl methyl sites for hydroxylation is 1. The molecule has 1 aliphatic heterocycles. The topological polar surface area (TPSA) is 115 Å². The van der Waals surface area contributed by atoms with Gasteiger partial charge in [0.2, 0.25) is 0 Å². The van der Waals surface area contributed by atoms with Gasteiger partial charge in [-0.3, -0.25) is 24.6 Å². The second-order valence-corrected chi connectivity index (χ2v) is 9.54. The Hall–Kier alpha value is -4.27. The van der Waals surface area contributed by atoms with Crippen molar-refractivity contribution in [1.82, 2.24) is 14.8 Å². The summed E-state index contributed by atoms with van der Waals surface area (Å²) in [5, 5.41) is 13.8. The number of hydrogen-bond donors (Lipinski definition) is 1. The lowest BCUT2D eigenvalue weighted by atomic mass is 9.91. The monoisotopic (exact) mass is 488 g/mol. The van der Waals surface area contributed by atoms with Crippen molar-refractivity contribution in [3.8, 4) is 5.69 Å². The molecule has 1 saturated heterocycles. The fourth-order valence-corrected chi connectivity index (χ4v) is 4.65. The molecule has 0 spiro atoms. The standard InChI is InChI=1S/C27H28N4O5/c1-16(2)19-9-11-21(12-10-19)30-17(3)13-23(18(30)4)24(32)15-29-25(33)27(5,28-26(29)34)20-7-6-8-22(14-20)31(35)36/h6-14,16H,15H2,1-5H3,(H,28,34). The first-order valence-electron chi connectivity index (χ1n) is 11.7. The number of amides is 3. The molecule has 9 heteroatoms. The van der Waals surface area contributed by atoms with Crippen molar-refractivity contribution in [2.75, 3.05) is 6.54 Å². The van der Waals surface area contributed by atoms with Crippen molar-refractivity contribution in [2.45, 2.75) is 46.1 Å². The lowest BCUT2D eigenvalue weighted by molar-refractivity contribution is -0.385. The molecule has 0 bridgehead atoms. The number of Topliss-reactive ketones (excluding diaryl/α,β-unsaturated/α-hetero) is 1. The van der Waals surface area contributed by atoms with Crippen LogP contribution in [0.1, 0.15) is 59.6 Å². The molecule has 0 saturated carbocycles. The third-order valence-electron chi connectivity index (χ3n) is 6.76. The van der Waals surface area contributed by atoms with Crippen LogP contribution in [0.5, 0.6) is 0 Å². The Balaban J connectivity index is 1.59. The third-order valence-corrected chi connectivity index (χ3v) is 6.76. The Morgan fingerprint density at radius 2 is 1.75 bits per heavy atom. The van der Waals surface area contributed by atoms with Gasteiger partial charge in [0.05, 0.1) is 11.5 Å². The number of rotatable bonds is 7. The van der Waals surface area contributed by atoms with Crippen molar-refractivity contribution in [3.63, 3.8) is 0 Å². The molecule has 36 heavy (non-hydrogen) atoms. The molecule has 4 rings (SSSR count). The van der Waals surface area contributed by atoms with Gasteiger partial charge in [-0.05, 0) is 56.0 Å². The zero-order valence-electron chi connectivity index (χ0n) is 20.9. The molecule has 2 heterocycles. The van der Waals surface area contributed by atoms with Crippen LogP contribution in [0.15, 0.2) is 54.6 Å². The van der Waals surface area contributed by atoms with Gasteiger partial charge in [0, 0.05) is 34.8 Å². The maximum atomic E-state index is 13.3. The maximum absolute atomic E-state index is 13.3. The molecule has 1 unspecified atom stereocenters. The van der Waals surface area contributed by atoms with Gasteiger partial charge in [-0.1, -0.05) is 38.1 Å². The lowest BCUT2D eigenvalue weighted by Crippen LogP contribution is -2.41. The molecule has 3 amide bonds. The highest BCUT2D eigenvalue weighted by Gasteiger charge is 2.50. The number of benzene rings is 2. The third kappa shape index (κ3) is 4.17. The van der Waals surface area contributed by atoms with Crippen LogP contribution in [0.3, 0.4) is 0 Å². The van der Waals surface area contributed by atoms with Crippen LogP contribution in [-0.4, -0.2) is 38.7 Å². The summed E-state index contributed by atoms with van der Waals surface area (Å²) >= 11 is 0. The van der Waals surface area contributed by atoms with Crippen LogP contribution >= 0.6 is 0 Å². The maximum Gasteiger partial charge on any atom is 0.325 e. The van der Waals surface area contributed by atoms with Gasteiger partial charge in [0.25, 0.3) is 11.6 Å².